The molecule has 0 radical (unpaired) electrons. The number of para-hydroxylation sites is 2. The molecule has 6 heteroatoms. The Balaban J connectivity index is 1.86. The van der Waals surface area contributed by atoms with Crippen molar-refractivity contribution in [2.24, 2.45) is 0 Å². The maximum atomic E-state index is 13.0. The van der Waals surface area contributed by atoms with Crippen molar-refractivity contribution in [3.05, 3.63) is 59.9 Å². The molecule has 1 heterocycles. The molecule has 2 aromatic carbocycles. The molecule has 0 N–H and O–H groups in total. The molecule has 130 valence electrons. The zero-order chi connectivity index (χ0) is 17.8. The molecule has 0 saturated carbocycles. The van der Waals surface area contributed by atoms with Crippen LogP contribution >= 0.6 is 11.8 Å². The summed E-state index contributed by atoms with van der Waals surface area (Å²) in [6.07, 6.45) is 0. The molecule has 1 unspecified atom stereocenters. The molecule has 0 saturated heterocycles. The number of hydrogen-bond donors (Lipinski definition) is 0. The summed E-state index contributed by atoms with van der Waals surface area (Å²) < 4.78 is 20.3. The lowest BCUT2D eigenvalue weighted by molar-refractivity contribution is 0.0994. The van der Waals surface area contributed by atoms with Crippen LogP contribution in [0.1, 0.15) is 17.3 Å². The molecule has 4 nitrogen and oxygen atoms in total. The van der Waals surface area contributed by atoms with Gasteiger partial charge in [-0.2, -0.15) is 0 Å². The first-order chi connectivity index (χ1) is 12.1. The molecule has 0 aliphatic rings. The number of methoxy groups -OCH3 is 1. The lowest BCUT2D eigenvalue weighted by Crippen LogP contribution is -2.15. The Morgan fingerprint density at radius 2 is 1.96 bits per heavy atom. The second-order valence-corrected chi connectivity index (χ2v) is 6.97. The van der Waals surface area contributed by atoms with Gasteiger partial charge < -0.3 is 9.30 Å². The first kappa shape index (κ1) is 17.6. The third-order valence-corrected chi connectivity index (χ3v) is 5.01. The van der Waals surface area contributed by atoms with E-state index in [4.69, 9.17) is 4.74 Å². The minimum atomic E-state index is -0.349. The van der Waals surface area contributed by atoms with E-state index < -0.39 is 0 Å². The number of carbonyl (C=O) groups excluding carboxylic acids is 1. The van der Waals surface area contributed by atoms with Gasteiger partial charge in [0.1, 0.15) is 5.82 Å². The summed E-state index contributed by atoms with van der Waals surface area (Å²) >= 11 is 1.41. The monoisotopic (exact) mass is 358 g/mol. The van der Waals surface area contributed by atoms with Crippen molar-refractivity contribution >= 4 is 28.6 Å². The van der Waals surface area contributed by atoms with Gasteiger partial charge >= 0.3 is 0 Å². The van der Waals surface area contributed by atoms with Gasteiger partial charge in [0.25, 0.3) is 0 Å². The lowest BCUT2D eigenvalue weighted by Gasteiger charge is -2.12. The van der Waals surface area contributed by atoms with E-state index >= 15 is 0 Å². The fourth-order valence-electron chi connectivity index (χ4n) is 2.60. The Bertz CT molecular complexity index is 877. The molecule has 1 atom stereocenters. The van der Waals surface area contributed by atoms with E-state index in [1.165, 1.54) is 36.0 Å². The van der Waals surface area contributed by atoms with Gasteiger partial charge in [0.05, 0.1) is 22.9 Å². The normalized spacial score (nSPS) is 12.4. The average Bonchev–Trinajstić information content (AvgIpc) is 2.97. The van der Waals surface area contributed by atoms with Crippen molar-refractivity contribution in [1.82, 2.24) is 9.55 Å². The van der Waals surface area contributed by atoms with Crippen LogP contribution < -0.4 is 0 Å². The van der Waals surface area contributed by atoms with Gasteiger partial charge in [-0.15, -0.1) is 0 Å². The summed E-state index contributed by atoms with van der Waals surface area (Å²) in [6.45, 7) is 3.07. The van der Waals surface area contributed by atoms with E-state index in [9.17, 15) is 9.18 Å². The van der Waals surface area contributed by atoms with Crippen molar-refractivity contribution in [3.8, 4) is 0 Å². The third-order valence-electron chi connectivity index (χ3n) is 3.92. The van der Waals surface area contributed by atoms with Crippen molar-refractivity contribution in [2.75, 3.05) is 13.7 Å². The largest absolute Gasteiger partial charge is 0.383 e. The Hall–Kier alpha value is -2.18. The highest BCUT2D eigenvalue weighted by molar-refractivity contribution is 8.00. The van der Waals surface area contributed by atoms with Crippen LogP contribution in [0.3, 0.4) is 0 Å². The maximum absolute atomic E-state index is 13.0. The Morgan fingerprint density at radius 1 is 1.24 bits per heavy atom. The van der Waals surface area contributed by atoms with Crippen LogP contribution in [-0.2, 0) is 11.3 Å². The maximum Gasteiger partial charge on any atom is 0.175 e. The number of Topliss-reactive ketones (excluding diaryl/α,β-unsaturated/α-hetero) is 1. The van der Waals surface area contributed by atoms with Gasteiger partial charge in [0, 0.05) is 19.2 Å². The Kier molecular flexibility index (Phi) is 5.50. The summed E-state index contributed by atoms with van der Waals surface area (Å²) in [6, 6.07) is 13.5. The molecule has 25 heavy (non-hydrogen) atoms. The van der Waals surface area contributed by atoms with E-state index in [0.29, 0.717) is 18.7 Å². The van der Waals surface area contributed by atoms with Gasteiger partial charge in [-0.25, -0.2) is 9.37 Å². The first-order valence-corrected chi connectivity index (χ1v) is 8.88. The van der Waals surface area contributed by atoms with Gasteiger partial charge in [-0.1, -0.05) is 23.9 Å². The van der Waals surface area contributed by atoms with Gasteiger partial charge in [-0.05, 0) is 43.3 Å². The molecule has 0 aliphatic heterocycles. The molecule has 0 amide bonds. The quantitative estimate of drug-likeness (QED) is 0.469. The van der Waals surface area contributed by atoms with Crippen LogP contribution in [0.15, 0.2) is 53.7 Å². The van der Waals surface area contributed by atoms with E-state index in [0.717, 1.165) is 16.2 Å². The zero-order valence-electron chi connectivity index (χ0n) is 14.1. The topological polar surface area (TPSA) is 44.1 Å². The predicted octanol–water partition coefficient (Wildman–Crippen LogP) is 4.19. The van der Waals surface area contributed by atoms with Crippen molar-refractivity contribution < 1.29 is 13.9 Å². The fraction of sp³-hybridized carbons (Fsp3) is 0.263. The van der Waals surface area contributed by atoms with E-state index in [1.54, 1.807) is 7.11 Å². The van der Waals surface area contributed by atoms with Gasteiger partial charge in [-0.3, -0.25) is 4.79 Å². The van der Waals surface area contributed by atoms with Crippen molar-refractivity contribution in [2.45, 2.75) is 23.9 Å². The number of nitrogens with zero attached hydrogens (tertiary/aromatic N) is 2. The van der Waals surface area contributed by atoms with E-state index in [-0.39, 0.29) is 16.9 Å². The predicted molar refractivity (Wildman–Crippen MR) is 97.7 cm³/mol. The van der Waals surface area contributed by atoms with Crippen LogP contribution in [0.5, 0.6) is 0 Å². The molecule has 3 rings (SSSR count). The van der Waals surface area contributed by atoms with E-state index in [1.807, 2.05) is 31.2 Å². The highest BCUT2D eigenvalue weighted by Gasteiger charge is 2.20. The van der Waals surface area contributed by atoms with Crippen LogP contribution in [0.4, 0.5) is 4.39 Å². The number of thioether (sulfide) groups is 1. The number of fused-ring (bicyclic) bond motifs is 1. The number of ether oxygens (including phenoxy) is 1. The number of hydrogen-bond acceptors (Lipinski definition) is 4. The number of imidazole rings is 1. The number of halogens is 1. The van der Waals surface area contributed by atoms with Crippen LogP contribution in [-0.4, -0.2) is 34.3 Å². The zero-order valence-corrected chi connectivity index (χ0v) is 14.9. The van der Waals surface area contributed by atoms with Crippen molar-refractivity contribution in [1.29, 1.82) is 0 Å². The van der Waals surface area contributed by atoms with Crippen LogP contribution in [0.2, 0.25) is 0 Å². The minimum Gasteiger partial charge on any atom is -0.383 e. The molecule has 0 aliphatic carbocycles. The fourth-order valence-corrected chi connectivity index (χ4v) is 3.63. The highest BCUT2D eigenvalue weighted by atomic mass is 32.2. The summed E-state index contributed by atoms with van der Waals surface area (Å²) in [5.41, 5.74) is 2.41. The summed E-state index contributed by atoms with van der Waals surface area (Å²) in [4.78, 5) is 17.2. The molecule has 0 spiro atoms. The lowest BCUT2D eigenvalue weighted by atomic mass is 10.1. The highest BCUT2D eigenvalue weighted by Crippen LogP contribution is 2.29. The molecule has 1 aromatic heterocycles. The summed E-state index contributed by atoms with van der Waals surface area (Å²) in [5, 5.41) is 0.449. The Labute approximate surface area is 150 Å². The Morgan fingerprint density at radius 3 is 2.68 bits per heavy atom. The third kappa shape index (κ3) is 3.91. The second kappa shape index (κ2) is 7.80. The SMILES string of the molecule is COCCn1c(SC(C)C(=O)c2ccc(F)cc2)nc2ccccc21. The number of benzene rings is 2. The standard InChI is InChI=1S/C19H19FN2O2S/c1-13(18(23)14-7-9-15(20)10-8-14)25-19-21-16-5-3-4-6-17(16)22(19)11-12-24-2/h3-10,13H,11-12H2,1-2H3. The van der Waals surface area contributed by atoms with Crippen LogP contribution in [0.25, 0.3) is 11.0 Å². The smallest absolute Gasteiger partial charge is 0.175 e. The van der Waals surface area contributed by atoms with Gasteiger partial charge in [0.15, 0.2) is 10.9 Å². The molecule has 0 bridgehead atoms. The molecule has 3 aromatic rings. The molecule has 0 fully saturated rings. The molecular formula is C19H19FN2O2S. The minimum absolute atomic E-state index is 0.0460. The summed E-state index contributed by atoms with van der Waals surface area (Å²) in [5.74, 6) is -0.395. The van der Waals surface area contributed by atoms with Gasteiger partial charge in [0.2, 0.25) is 0 Å². The number of aromatic nitrogens is 2. The number of ketones is 1. The number of rotatable bonds is 7. The van der Waals surface area contributed by atoms with Crippen LogP contribution in [0, 0.1) is 5.82 Å². The first-order valence-electron chi connectivity index (χ1n) is 8.01. The van der Waals surface area contributed by atoms with E-state index in [2.05, 4.69) is 9.55 Å². The summed E-state index contributed by atoms with van der Waals surface area (Å²) in [7, 11) is 1.66. The molecular weight excluding hydrogens is 339 g/mol. The average molecular weight is 358 g/mol. The van der Waals surface area contributed by atoms with Crippen molar-refractivity contribution in [3.63, 3.8) is 0 Å². The second-order valence-electron chi connectivity index (χ2n) is 5.66. The number of carbonyl (C=O) groups is 1.